The van der Waals surface area contributed by atoms with Gasteiger partial charge in [-0.2, -0.15) is 0 Å². The van der Waals surface area contributed by atoms with Crippen LogP contribution in [0.25, 0.3) is 11.1 Å². The van der Waals surface area contributed by atoms with Crippen LogP contribution in [-0.2, 0) is 6.42 Å². The molecular formula is C14H20N2O. The second kappa shape index (κ2) is 4.88. The molecule has 2 rings (SSSR count). The number of benzene rings is 1. The van der Waals surface area contributed by atoms with Gasteiger partial charge in [0.1, 0.15) is 5.52 Å². The van der Waals surface area contributed by atoms with Gasteiger partial charge in [-0.25, -0.2) is 4.98 Å². The SMILES string of the molecule is Cc1nc2cc(CC(CN)C(C)C)ccc2o1. The van der Waals surface area contributed by atoms with Crippen LogP contribution in [0.2, 0.25) is 0 Å². The molecule has 0 bridgehead atoms. The number of hydrogen-bond donors (Lipinski definition) is 1. The highest BCUT2D eigenvalue weighted by Gasteiger charge is 2.13. The Balaban J connectivity index is 2.23. The number of fused-ring (bicyclic) bond motifs is 1. The van der Waals surface area contributed by atoms with Gasteiger partial charge >= 0.3 is 0 Å². The van der Waals surface area contributed by atoms with Crippen LogP contribution in [0.1, 0.15) is 25.3 Å². The van der Waals surface area contributed by atoms with E-state index in [4.69, 9.17) is 10.2 Å². The van der Waals surface area contributed by atoms with Crippen LogP contribution in [0.4, 0.5) is 0 Å². The van der Waals surface area contributed by atoms with E-state index in [0.717, 1.165) is 30.0 Å². The molecule has 92 valence electrons. The van der Waals surface area contributed by atoms with Crippen LogP contribution >= 0.6 is 0 Å². The second-order valence-electron chi connectivity index (χ2n) is 4.98. The minimum Gasteiger partial charge on any atom is -0.441 e. The molecule has 1 aromatic heterocycles. The zero-order chi connectivity index (χ0) is 12.4. The normalized spacial score (nSPS) is 13.5. The van der Waals surface area contributed by atoms with Crippen LogP contribution in [0, 0.1) is 18.8 Å². The lowest BCUT2D eigenvalue weighted by Gasteiger charge is -2.18. The molecule has 17 heavy (non-hydrogen) atoms. The highest BCUT2D eigenvalue weighted by atomic mass is 16.3. The third-order valence-electron chi connectivity index (χ3n) is 3.30. The lowest BCUT2D eigenvalue weighted by Crippen LogP contribution is -2.22. The number of oxazole rings is 1. The van der Waals surface area contributed by atoms with Gasteiger partial charge in [-0.15, -0.1) is 0 Å². The van der Waals surface area contributed by atoms with E-state index in [9.17, 15) is 0 Å². The van der Waals surface area contributed by atoms with Crippen molar-refractivity contribution < 1.29 is 4.42 Å². The molecule has 0 radical (unpaired) electrons. The maximum absolute atomic E-state index is 5.80. The zero-order valence-corrected chi connectivity index (χ0v) is 10.7. The smallest absolute Gasteiger partial charge is 0.192 e. The molecular weight excluding hydrogens is 212 g/mol. The summed E-state index contributed by atoms with van der Waals surface area (Å²) in [5, 5.41) is 0. The fraction of sp³-hybridized carbons (Fsp3) is 0.500. The molecule has 1 unspecified atom stereocenters. The van der Waals surface area contributed by atoms with Crippen molar-refractivity contribution in [3.05, 3.63) is 29.7 Å². The van der Waals surface area contributed by atoms with E-state index in [2.05, 4.69) is 31.0 Å². The summed E-state index contributed by atoms with van der Waals surface area (Å²) in [6, 6.07) is 6.22. The quantitative estimate of drug-likeness (QED) is 0.881. The third kappa shape index (κ3) is 2.67. The summed E-state index contributed by atoms with van der Waals surface area (Å²) < 4.78 is 5.47. The van der Waals surface area contributed by atoms with Crippen LogP contribution in [0.5, 0.6) is 0 Å². The highest BCUT2D eigenvalue weighted by molar-refractivity contribution is 5.73. The van der Waals surface area contributed by atoms with Crippen LogP contribution < -0.4 is 5.73 Å². The lowest BCUT2D eigenvalue weighted by atomic mass is 9.89. The Hall–Kier alpha value is -1.35. The first-order chi connectivity index (χ1) is 8.10. The molecule has 0 amide bonds. The lowest BCUT2D eigenvalue weighted by molar-refractivity contribution is 0.392. The van der Waals surface area contributed by atoms with Crippen molar-refractivity contribution in [3.63, 3.8) is 0 Å². The summed E-state index contributed by atoms with van der Waals surface area (Å²) in [5.74, 6) is 1.85. The van der Waals surface area contributed by atoms with E-state index in [-0.39, 0.29) is 0 Å². The van der Waals surface area contributed by atoms with E-state index in [1.807, 2.05) is 13.0 Å². The monoisotopic (exact) mass is 232 g/mol. The summed E-state index contributed by atoms with van der Waals surface area (Å²) in [4.78, 5) is 4.35. The maximum Gasteiger partial charge on any atom is 0.192 e. The summed E-state index contributed by atoms with van der Waals surface area (Å²) >= 11 is 0. The number of hydrogen-bond acceptors (Lipinski definition) is 3. The predicted octanol–water partition coefficient (Wildman–Crippen LogP) is 2.91. The van der Waals surface area contributed by atoms with Crippen molar-refractivity contribution in [2.24, 2.45) is 17.6 Å². The van der Waals surface area contributed by atoms with Crippen molar-refractivity contribution in [1.29, 1.82) is 0 Å². The molecule has 0 saturated carbocycles. The first-order valence-electron chi connectivity index (χ1n) is 6.16. The maximum atomic E-state index is 5.80. The van der Waals surface area contributed by atoms with Gasteiger partial charge in [0.25, 0.3) is 0 Å². The Labute approximate surface area is 102 Å². The predicted molar refractivity (Wildman–Crippen MR) is 69.8 cm³/mol. The van der Waals surface area contributed by atoms with E-state index in [0.29, 0.717) is 11.8 Å². The Morgan fingerprint density at radius 3 is 2.76 bits per heavy atom. The van der Waals surface area contributed by atoms with E-state index in [1.165, 1.54) is 5.56 Å². The molecule has 1 aromatic carbocycles. The second-order valence-corrected chi connectivity index (χ2v) is 4.98. The number of nitrogens with two attached hydrogens (primary N) is 1. The van der Waals surface area contributed by atoms with Gasteiger partial charge in [0.2, 0.25) is 0 Å². The molecule has 0 fully saturated rings. The number of rotatable bonds is 4. The Bertz CT molecular complexity index is 502. The van der Waals surface area contributed by atoms with E-state index in [1.54, 1.807) is 0 Å². The minimum atomic E-state index is 0.528. The number of aryl methyl sites for hydroxylation is 1. The summed E-state index contributed by atoms with van der Waals surface area (Å²) in [6.07, 6.45) is 1.01. The molecule has 0 aliphatic carbocycles. The molecule has 3 heteroatoms. The third-order valence-corrected chi connectivity index (χ3v) is 3.30. The molecule has 2 aromatic rings. The molecule has 1 heterocycles. The van der Waals surface area contributed by atoms with Gasteiger partial charge in [-0.1, -0.05) is 19.9 Å². The summed E-state index contributed by atoms with van der Waals surface area (Å²) in [6.45, 7) is 7.04. The number of aromatic nitrogens is 1. The van der Waals surface area contributed by atoms with Gasteiger partial charge in [0, 0.05) is 6.92 Å². The Morgan fingerprint density at radius 1 is 1.35 bits per heavy atom. The van der Waals surface area contributed by atoms with Crippen LogP contribution in [0.15, 0.2) is 22.6 Å². The van der Waals surface area contributed by atoms with E-state index >= 15 is 0 Å². The van der Waals surface area contributed by atoms with Gasteiger partial charge in [0.15, 0.2) is 11.5 Å². The molecule has 0 saturated heterocycles. The average molecular weight is 232 g/mol. The van der Waals surface area contributed by atoms with Gasteiger partial charge in [-0.05, 0) is 42.5 Å². The van der Waals surface area contributed by atoms with Gasteiger partial charge in [0.05, 0.1) is 0 Å². The molecule has 0 aliphatic rings. The van der Waals surface area contributed by atoms with Crippen molar-refractivity contribution in [3.8, 4) is 0 Å². The van der Waals surface area contributed by atoms with Crippen molar-refractivity contribution in [2.75, 3.05) is 6.54 Å². The Kier molecular flexibility index (Phi) is 3.48. The minimum absolute atomic E-state index is 0.528. The molecule has 2 N–H and O–H groups in total. The number of nitrogens with zero attached hydrogens (tertiary/aromatic N) is 1. The summed E-state index contributed by atoms with van der Waals surface area (Å²) in [5.41, 5.74) is 8.90. The largest absolute Gasteiger partial charge is 0.441 e. The fourth-order valence-electron chi connectivity index (χ4n) is 2.11. The van der Waals surface area contributed by atoms with E-state index < -0.39 is 0 Å². The Morgan fingerprint density at radius 2 is 2.12 bits per heavy atom. The molecule has 0 aliphatic heterocycles. The van der Waals surface area contributed by atoms with Crippen LogP contribution in [-0.4, -0.2) is 11.5 Å². The topological polar surface area (TPSA) is 52.0 Å². The molecule has 0 spiro atoms. The van der Waals surface area contributed by atoms with Gasteiger partial charge in [-0.3, -0.25) is 0 Å². The fourth-order valence-corrected chi connectivity index (χ4v) is 2.11. The average Bonchev–Trinajstić information content (AvgIpc) is 2.64. The van der Waals surface area contributed by atoms with Crippen molar-refractivity contribution in [1.82, 2.24) is 4.98 Å². The zero-order valence-electron chi connectivity index (χ0n) is 10.7. The highest BCUT2D eigenvalue weighted by Crippen LogP contribution is 2.21. The van der Waals surface area contributed by atoms with Gasteiger partial charge < -0.3 is 10.2 Å². The standard InChI is InChI=1S/C14H20N2O/c1-9(2)12(8-15)6-11-4-5-14-13(7-11)16-10(3)17-14/h4-5,7,9,12H,6,8,15H2,1-3H3. The first kappa shape index (κ1) is 12.1. The summed E-state index contributed by atoms with van der Waals surface area (Å²) in [7, 11) is 0. The van der Waals surface area contributed by atoms with Crippen molar-refractivity contribution >= 4 is 11.1 Å². The van der Waals surface area contributed by atoms with Crippen molar-refractivity contribution in [2.45, 2.75) is 27.2 Å². The molecule has 3 nitrogen and oxygen atoms in total. The molecule has 1 atom stereocenters. The first-order valence-corrected chi connectivity index (χ1v) is 6.16. The van der Waals surface area contributed by atoms with Crippen LogP contribution in [0.3, 0.4) is 0 Å².